The van der Waals surface area contributed by atoms with E-state index in [9.17, 15) is 19.5 Å². The van der Waals surface area contributed by atoms with Crippen molar-refractivity contribution in [2.75, 3.05) is 22.1 Å². The van der Waals surface area contributed by atoms with Crippen LogP contribution in [-0.2, 0) is 4.79 Å². The number of nitrogens with one attached hydrogen (secondary N) is 3. The molecule has 0 bridgehead atoms. The van der Waals surface area contributed by atoms with Crippen molar-refractivity contribution in [3.63, 3.8) is 0 Å². The Morgan fingerprint density at radius 2 is 1.43 bits per heavy atom. The molecule has 0 unspecified atom stereocenters. The molecule has 0 atom stereocenters. The molecule has 2 aromatic rings. The van der Waals surface area contributed by atoms with Crippen LogP contribution in [0.3, 0.4) is 0 Å². The average Bonchev–Trinajstić information content (AvgIpc) is 2.70. The Labute approximate surface area is 166 Å². The first kappa shape index (κ1) is 19.8. The zero-order chi connectivity index (χ0) is 20.0. The molecule has 0 saturated carbocycles. The standard InChI is InChI=1S/C20H21N3O4S/c24-17(23-20(18(25)26)10-12-28-13-11-20)14-6-8-16(9-7-14)22-19(27)21-15-4-2-1-3-5-15/h1-9H,10-13H2,(H,23,24)(H,25,26)(H2,21,22,27). The summed E-state index contributed by atoms with van der Waals surface area (Å²) in [7, 11) is 0. The Morgan fingerprint density at radius 3 is 2.00 bits per heavy atom. The lowest BCUT2D eigenvalue weighted by Gasteiger charge is -2.33. The van der Waals surface area contributed by atoms with Crippen molar-refractivity contribution in [2.24, 2.45) is 0 Å². The Balaban J connectivity index is 1.61. The largest absolute Gasteiger partial charge is 0.480 e. The number of urea groups is 1. The molecule has 146 valence electrons. The zero-order valence-corrected chi connectivity index (χ0v) is 15.9. The quantitative estimate of drug-likeness (QED) is 0.616. The molecule has 0 aromatic heterocycles. The first-order valence-corrected chi connectivity index (χ1v) is 10.0. The van der Waals surface area contributed by atoms with Crippen molar-refractivity contribution in [3.05, 3.63) is 60.2 Å². The van der Waals surface area contributed by atoms with Gasteiger partial charge < -0.3 is 21.1 Å². The van der Waals surface area contributed by atoms with E-state index in [0.717, 1.165) is 0 Å². The average molecular weight is 399 g/mol. The van der Waals surface area contributed by atoms with Gasteiger partial charge in [-0.15, -0.1) is 0 Å². The van der Waals surface area contributed by atoms with Gasteiger partial charge in [-0.2, -0.15) is 11.8 Å². The van der Waals surface area contributed by atoms with Gasteiger partial charge in [-0.25, -0.2) is 9.59 Å². The molecular formula is C20H21N3O4S. The molecule has 28 heavy (non-hydrogen) atoms. The Morgan fingerprint density at radius 1 is 0.857 bits per heavy atom. The predicted octanol–water partition coefficient (Wildman–Crippen LogP) is 3.41. The van der Waals surface area contributed by atoms with Gasteiger partial charge in [0.25, 0.3) is 5.91 Å². The molecule has 2 aromatic carbocycles. The Kier molecular flexibility index (Phi) is 6.20. The minimum atomic E-state index is -1.21. The highest BCUT2D eigenvalue weighted by molar-refractivity contribution is 7.99. The summed E-state index contributed by atoms with van der Waals surface area (Å²) >= 11 is 1.68. The molecule has 7 nitrogen and oxygen atoms in total. The van der Waals surface area contributed by atoms with Crippen LogP contribution in [0.25, 0.3) is 0 Å². The maximum Gasteiger partial charge on any atom is 0.329 e. The summed E-state index contributed by atoms with van der Waals surface area (Å²) in [5, 5.41) is 17.6. The van der Waals surface area contributed by atoms with Crippen molar-refractivity contribution < 1.29 is 19.5 Å². The number of hydrogen-bond donors (Lipinski definition) is 4. The minimum Gasteiger partial charge on any atom is -0.480 e. The van der Waals surface area contributed by atoms with E-state index >= 15 is 0 Å². The van der Waals surface area contributed by atoms with Gasteiger partial charge in [-0.3, -0.25) is 4.79 Å². The van der Waals surface area contributed by atoms with E-state index in [0.29, 0.717) is 41.3 Å². The summed E-state index contributed by atoms with van der Waals surface area (Å²) in [6, 6.07) is 15.0. The number of carboxylic acid groups (broad SMARTS) is 1. The number of carbonyl (C=O) groups excluding carboxylic acids is 2. The van der Waals surface area contributed by atoms with Gasteiger partial charge in [-0.05, 0) is 60.7 Å². The van der Waals surface area contributed by atoms with Crippen LogP contribution in [0.1, 0.15) is 23.2 Å². The maximum atomic E-state index is 12.5. The highest BCUT2D eigenvalue weighted by Gasteiger charge is 2.41. The van der Waals surface area contributed by atoms with Gasteiger partial charge in [0.2, 0.25) is 0 Å². The van der Waals surface area contributed by atoms with E-state index < -0.39 is 23.4 Å². The summed E-state index contributed by atoms with van der Waals surface area (Å²) in [6.07, 6.45) is 0.802. The van der Waals surface area contributed by atoms with Crippen LogP contribution in [-0.4, -0.2) is 40.1 Å². The number of carboxylic acids is 1. The summed E-state index contributed by atoms with van der Waals surface area (Å²) in [5.74, 6) is -0.0376. The lowest BCUT2D eigenvalue weighted by Crippen LogP contribution is -2.56. The molecule has 1 aliphatic rings. The number of aliphatic carboxylic acids is 1. The van der Waals surface area contributed by atoms with Crippen molar-refractivity contribution in [1.82, 2.24) is 5.32 Å². The number of rotatable bonds is 5. The monoisotopic (exact) mass is 399 g/mol. The lowest BCUT2D eigenvalue weighted by molar-refractivity contribution is -0.144. The van der Waals surface area contributed by atoms with E-state index in [2.05, 4.69) is 16.0 Å². The van der Waals surface area contributed by atoms with Crippen molar-refractivity contribution >= 4 is 41.0 Å². The van der Waals surface area contributed by atoms with Crippen molar-refractivity contribution in [3.8, 4) is 0 Å². The van der Waals surface area contributed by atoms with Crippen LogP contribution in [0.4, 0.5) is 16.2 Å². The molecule has 1 heterocycles. The molecule has 1 aliphatic heterocycles. The summed E-state index contributed by atoms with van der Waals surface area (Å²) in [5.41, 5.74) is 0.315. The molecule has 3 rings (SSSR count). The fraction of sp³-hybridized carbons (Fsp3) is 0.250. The van der Waals surface area contributed by atoms with Gasteiger partial charge in [0.1, 0.15) is 5.54 Å². The number of carbonyl (C=O) groups is 3. The van der Waals surface area contributed by atoms with E-state index in [1.807, 2.05) is 18.2 Å². The van der Waals surface area contributed by atoms with Crippen LogP contribution >= 0.6 is 11.8 Å². The minimum absolute atomic E-state index is 0.341. The van der Waals surface area contributed by atoms with Crippen molar-refractivity contribution in [2.45, 2.75) is 18.4 Å². The highest BCUT2D eigenvalue weighted by Crippen LogP contribution is 2.28. The molecule has 3 amide bonds. The van der Waals surface area contributed by atoms with Crippen LogP contribution in [0, 0.1) is 0 Å². The van der Waals surface area contributed by atoms with Crippen LogP contribution in [0.2, 0.25) is 0 Å². The number of hydrogen-bond acceptors (Lipinski definition) is 4. The summed E-state index contributed by atoms with van der Waals surface area (Å²) in [6.45, 7) is 0. The number of benzene rings is 2. The van der Waals surface area contributed by atoms with Gasteiger partial charge in [0.05, 0.1) is 0 Å². The SMILES string of the molecule is O=C(Nc1ccccc1)Nc1ccc(C(=O)NC2(C(=O)O)CCSCC2)cc1. The number of thioether (sulfide) groups is 1. The van der Waals surface area contributed by atoms with E-state index in [-0.39, 0.29) is 0 Å². The Bertz CT molecular complexity index is 850. The third kappa shape index (κ3) is 4.83. The molecule has 0 spiro atoms. The topological polar surface area (TPSA) is 108 Å². The van der Waals surface area contributed by atoms with Gasteiger partial charge >= 0.3 is 12.0 Å². The molecule has 0 radical (unpaired) electrons. The fourth-order valence-electron chi connectivity index (χ4n) is 2.92. The van der Waals surface area contributed by atoms with Gasteiger partial charge in [-0.1, -0.05) is 18.2 Å². The van der Waals surface area contributed by atoms with E-state index in [1.165, 1.54) is 0 Å². The molecule has 0 aliphatic carbocycles. The molecular weight excluding hydrogens is 378 g/mol. The third-order valence-electron chi connectivity index (χ3n) is 4.55. The fourth-order valence-corrected chi connectivity index (χ4v) is 4.11. The first-order valence-electron chi connectivity index (χ1n) is 8.85. The van der Waals surface area contributed by atoms with Crippen LogP contribution in [0.5, 0.6) is 0 Å². The second kappa shape index (κ2) is 8.79. The number of anilines is 2. The second-order valence-electron chi connectivity index (χ2n) is 6.48. The normalized spacial score (nSPS) is 15.3. The van der Waals surface area contributed by atoms with Crippen LogP contribution < -0.4 is 16.0 Å². The van der Waals surface area contributed by atoms with Crippen molar-refractivity contribution in [1.29, 1.82) is 0 Å². The lowest BCUT2D eigenvalue weighted by atomic mass is 9.92. The van der Waals surface area contributed by atoms with E-state index in [1.54, 1.807) is 48.2 Å². The number of para-hydroxylation sites is 1. The summed E-state index contributed by atoms with van der Waals surface area (Å²) in [4.78, 5) is 36.2. The number of amides is 3. The molecule has 8 heteroatoms. The van der Waals surface area contributed by atoms with Crippen LogP contribution in [0.15, 0.2) is 54.6 Å². The molecule has 4 N–H and O–H groups in total. The zero-order valence-electron chi connectivity index (χ0n) is 15.1. The first-order chi connectivity index (χ1) is 13.5. The van der Waals surface area contributed by atoms with E-state index in [4.69, 9.17) is 0 Å². The molecule has 1 fully saturated rings. The Hall–Kier alpha value is -3.00. The molecule has 1 saturated heterocycles. The third-order valence-corrected chi connectivity index (χ3v) is 5.53. The summed E-state index contributed by atoms with van der Waals surface area (Å²) < 4.78 is 0. The highest BCUT2D eigenvalue weighted by atomic mass is 32.2. The van der Waals surface area contributed by atoms with Gasteiger partial charge in [0, 0.05) is 16.9 Å². The smallest absolute Gasteiger partial charge is 0.329 e. The maximum absolute atomic E-state index is 12.5. The predicted molar refractivity (Wildman–Crippen MR) is 110 cm³/mol. The second-order valence-corrected chi connectivity index (χ2v) is 7.70. The van der Waals surface area contributed by atoms with Gasteiger partial charge in [0.15, 0.2) is 0 Å².